The summed E-state index contributed by atoms with van der Waals surface area (Å²) in [6.07, 6.45) is 5.49. The highest BCUT2D eigenvalue weighted by Gasteiger charge is 2.61. The zero-order chi connectivity index (χ0) is 24.1. The Balaban J connectivity index is 1.89. The highest BCUT2D eigenvalue weighted by Crippen LogP contribution is 2.66. The van der Waals surface area contributed by atoms with Crippen molar-refractivity contribution in [1.82, 2.24) is 5.32 Å². The summed E-state index contributed by atoms with van der Waals surface area (Å²) in [5.74, 6) is 3.54. The van der Waals surface area contributed by atoms with Crippen LogP contribution in [0, 0.1) is 46.8 Å². The quantitative estimate of drug-likeness (QED) is 0.232. The maximum atomic E-state index is 13.0. The Morgan fingerprint density at radius 2 is 1.72 bits per heavy atom. The molecule has 0 aliphatic heterocycles. The maximum absolute atomic E-state index is 13.0. The van der Waals surface area contributed by atoms with Gasteiger partial charge in [-0.05, 0) is 91.5 Å². The van der Waals surface area contributed by atoms with Crippen LogP contribution in [-0.4, -0.2) is 26.6 Å². The van der Waals surface area contributed by atoms with Crippen molar-refractivity contribution in [1.29, 1.82) is 0 Å². The van der Waals surface area contributed by atoms with Crippen molar-refractivity contribution in [2.75, 3.05) is 6.54 Å². The summed E-state index contributed by atoms with van der Waals surface area (Å²) < 4.78 is 39.1. The molecular formula is C27H49BF3N. The minimum atomic E-state index is -4.04. The molecule has 0 bridgehead atoms. The average molecular weight is 456 g/mol. The molecule has 186 valence electrons. The maximum Gasteiger partial charge on any atom is 0.389 e. The molecule has 2 aliphatic rings. The third-order valence-corrected chi connectivity index (χ3v) is 9.17. The van der Waals surface area contributed by atoms with Crippen LogP contribution in [0.5, 0.6) is 0 Å². The third kappa shape index (κ3) is 7.67. The molecule has 2 rings (SSSR count). The van der Waals surface area contributed by atoms with Crippen LogP contribution in [0.15, 0.2) is 0 Å². The van der Waals surface area contributed by atoms with E-state index >= 15 is 0 Å². The zero-order valence-corrected chi connectivity index (χ0v) is 21.6. The summed E-state index contributed by atoms with van der Waals surface area (Å²) in [7, 11) is 5.93. The molecule has 0 heterocycles. The molecule has 1 nitrogen and oxygen atoms in total. The Kier molecular flexibility index (Phi) is 10.5. The van der Waals surface area contributed by atoms with Gasteiger partial charge in [-0.2, -0.15) is 13.2 Å². The van der Waals surface area contributed by atoms with Gasteiger partial charge in [-0.3, -0.25) is 0 Å². The van der Waals surface area contributed by atoms with Gasteiger partial charge >= 0.3 is 6.18 Å². The van der Waals surface area contributed by atoms with Crippen molar-refractivity contribution in [3.8, 4) is 0 Å². The molecular weight excluding hydrogens is 406 g/mol. The molecule has 2 saturated carbocycles. The zero-order valence-electron chi connectivity index (χ0n) is 21.6. The van der Waals surface area contributed by atoms with Gasteiger partial charge in [-0.25, -0.2) is 0 Å². The van der Waals surface area contributed by atoms with E-state index in [1.54, 1.807) is 0 Å². The normalized spacial score (nSPS) is 31.8. The lowest BCUT2D eigenvalue weighted by Gasteiger charge is -2.26. The fraction of sp³-hybridized carbons (Fsp3) is 1.00. The van der Waals surface area contributed by atoms with E-state index in [0.29, 0.717) is 24.2 Å². The number of nitrogens with one attached hydrogen (secondary N) is 1. The molecule has 32 heavy (non-hydrogen) atoms. The number of rotatable bonds is 16. The molecule has 1 N–H and O–H groups in total. The van der Waals surface area contributed by atoms with Gasteiger partial charge in [0.2, 0.25) is 0 Å². The predicted molar refractivity (Wildman–Crippen MR) is 131 cm³/mol. The van der Waals surface area contributed by atoms with Crippen LogP contribution < -0.4 is 5.32 Å². The third-order valence-electron chi connectivity index (χ3n) is 9.17. The summed E-state index contributed by atoms with van der Waals surface area (Å²) in [6, 6.07) is 0.430. The van der Waals surface area contributed by atoms with Gasteiger partial charge in [-0.1, -0.05) is 67.1 Å². The topological polar surface area (TPSA) is 12.0 Å². The van der Waals surface area contributed by atoms with Crippen LogP contribution in [0.25, 0.3) is 0 Å². The van der Waals surface area contributed by atoms with Crippen molar-refractivity contribution < 1.29 is 13.2 Å². The fourth-order valence-electron chi connectivity index (χ4n) is 6.85. The highest BCUT2D eigenvalue weighted by molar-refractivity contribution is 6.08. The van der Waals surface area contributed by atoms with E-state index in [1.165, 1.54) is 32.1 Å². The van der Waals surface area contributed by atoms with Gasteiger partial charge in [0, 0.05) is 6.42 Å². The second-order valence-corrected chi connectivity index (χ2v) is 11.8. The molecule has 8 unspecified atom stereocenters. The highest BCUT2D eigenvalue weighted by atomic mass is 19.4. The smallest absolute Gasteiger partial charge is 0.315 e. The SMILES string of the molecule is [B]CC(CCCC1C(C)C1C(CCCC)C(C)CC1C(CC(F)(F)F)C1(C)C)NCCC. The van der Waals surface area contributed by atoms with Gasteiger partial charge in [0.25, 0.3) is 0 Å². The molecule has 0 aromatic rings. The van der Waals surface area contributed by atoms with E-state index in [4.69, 9.17) is 7.85 Å². The Hall–Kier alpha value is -0.185. The van der Waals surface area contributed by atoms with Crippen molar-refractivity contribution in [3.05, 3.63) is 0 Å². The summed E-state index contributed by atoms with van der Waals surface area (Å²) in [6.45, 7) is 14.3. The lowest BCUT2D eigenvalue weighted by Crippen LogP contribution is -2.29. The number of halogens is 3. The first kappa shape index (κ1) is 28.1. The van der Waals surface area contributed by atoms with Crippen molar-refractivity contribution in [3.63, 3.8) is 0 Å². The summed E-state index contributed by atoms with van der Waals surface area (Å²) in [5, 5.41) is 3.56. The van der Waals surface area contributed by atoms with Crippen molar-refractivity contribution >= 4 is 7.85 Å². The van der Waals surface area contributed by atoms with Gasteiger partial charge in [0.1, 0.15) is 0 Å². The van der Waals surface area contributed by atoms with E-state index < -0.39 is 12.6 Å². The fourth-order valence-corrected chi connectivity index (χ4v) is 6.85. The van der Waals surface area contributed by atoms with E-state index in [0.717, 1.165) is 43.6 Å². The molecule has 5 heteroatoms. The van der Waals surface area contributed by atoms with Crippen LogP contribution in [0.3, 0.4) is 0 Å². The number of hydrogen-bond donors (Lipinski definition) is 1. The Morgan fingerprint density at radius 1 is 1.03 bits per heavy atom. The van der Waals surface area contributed by atoms with Crippen molar-refractivity contribution in [2.24, 2.45) is 46.8 Å². The molecule has 0 saturated heterocycles. The van der Waals surface area contributed by atoms with Crippen LogP contribution in [0.4, 0.5) is 13.2 Å². The lowest BCUT2D eigenvalue weighted by atomic mass is 9.80. The number of unbranched alkanes of at least 4 members (excludes halogenated alkanes) is 1. The Bertz CT molecular complexity index is 550. The molecule has 0 aromatic heterocycles. The Morgan fingerprint density at radius 3 is 2.28 bits per heavy atom. The minimum absolute atomic E-state index is 0.156. The average Bonchev–Trinajstić information content (AvgIpc) is 3.50. The lowest BCUT2D eigenvalue weighted by molar-refractivity contribution is -0.140. The molecule has 0 amide bonds. The second kappa shape index (κ2) is 12.0. The summed E-state index contributed by atoms with van der Waals surface area (Å²) in [4.78, 5) is 0. The van der Waals surface area contributed by atoms with E-state index in [-0.39, 0.29) is 17.3 Å². The van der Waals surface area contributed by atoms with Crippen molar-refractivity contribution in [2.45, 2.75) is 118 Å². The second-order valence-electron chi connectivity index (χ2n) is 11.8. The van der Waals surface area contributed by atoms with Gasteiger partial charge in [0.05, 0.1) is 7.85 Å². The molecule has 2 radical (unpaired) electrons. The van der Waals surface area contributed by atoms with Crippen LogP contribution in [0.2, 0.25) is 6.32 Å². The first-order valence-corrected chi connectivity index (χ1v) is 13.5. The molecule has 8 atom stereocenters. The summed E-state index contributed by atoms with van der Waals surface area (Å²) >= 11 is 0. The number of alkyl halides is 3. The van der Waals surface area contributed by atoms with Crippen LogP contribution >= 0.6 is 0 Å². The predicted octanol–water partition coefficient (Wildman–Crippen LogP) is 8.05. The van der Waals surface area contributed by atoms with Gasteiger partial charge in [-0.15, -0.1) is 0 Å². The summed E-state index contributed by atoms with van der Waals surface area (Å²) in [5.41, 5.74) is -0.156. The standard InChI is InChI=1S/C27H49BF3N/c1-7-9-12-21(18(3)15-23-24(26(23,5)6)16-27(29,30)31)25-19(4)22(25)13-10-11-20(17-28)32-14-8-2/h18-25,32H,7-17H2,1-6H3. The largest absolute Gasteiger partial charge is 0.389 e. The monoisotopic (exact) mass is 455 g/mol. The number of hydrogen-bond acceptors (Lipinski definition) is 1. The van der Waals surface area contributed by atoms with Gasteiger partial charge in [0.15, 0.2) is 0 Å². The molecule has 2 fully saturated rings. The molecule has 0 spiro atoms. The van der Waals surface area contributed by atoms with Gasteiger partial charge < -0.3 is 5.32 Å². The van der Waals surface area contributed by atoms with Crippen LogP contribution in [0.1, 0.15) is 99.3 Å². The van der Waals surface area contributed by atoms with E-state index in [9.17, 15) is 13.2 Å². The molecule has 0 aromatic carbocycles. The van der Waals surface area contributed by atoms with E-state index in [2.05, 4.69) is 33.0 Å². The first-order valence-electron chi connectivity index (χ1n) is 13.5. The minimum Gasteiger partial charge on any atom is -0.315 e. The molecule has 2 aliphatic carbocycles. The first-order chi connectivity index (χ1) is 15.0. The Labute approximate surface area is 197 Å². The van der Waals surface area contributed by atoms with Crippen LogP contribution in [-0.2, 0) is 0 Å². The van der Waals surface area contributed by atoms with E-state index in [1.807, 2.05) is 13.8 Å².